The van der Waals surface area contributed by atoms with E-state index >= 15 is 0 Å². The molecular formula is C10H15NOS. The number of rotatable bonds is 3. The molecule has 0 aliphatic carbocycles. The Bertz CT molecular complexity index is 286. The summed E-state index contributed by atoms with van der Waals surface area (Å²) in [6, 6.07) is 7.94. The van der Waals surface area contributed by atoms with E-state index in [1.807, 2.05) is 37.4 Å². The maximum absolute atomic E-state index is 9.08. The molecule has 0 radical (unpaired) electrons. The molecule has 3 N–H and O–H groups in total. The predicted octanol–water partition coefficient (Wildman–Crippen LogP) is 1.57. The van der Waals surface area contributed by atoms with Crippen LogP contribution in [0.2, 0.25) is 0 Å². The summed E-state index contributed by atoms with van der Waals surface area (Å²) in [5.41, 5.74) is 6.24. The minimum atomic E-state index is -0.633. The van der Waals surface area contributed by atoms with E-state index in [0.717, 1.165) is 5.56 Å². The van der Waals surface area contributed by atoms with Gasteiger partial charge in [-0.05, 0) is 30.9 Å². The topological polar surface area (TPSA) is 46.2 Å². The van der Waals surface area contributed by atoms with Gasteiger partial charge in [-0.3, -0.25) is 0 Å². The molecule has 13 heavy (non-hydrogen) atoms. The summed E-state index contributed by atoms with van der Waals surface area (Å²) in [4.78, 5) is 1.17. The average molecular weight is 197 g/mol. The minimum absolute atomic E-state index is 0.0369. The van der Waals surface area contributed by atoms with Gasteiger partial charge in [-0.15, -0.1) is 11.8 Å². The van der Waals surface area contributed by atoms with Gasteiger partial charge in [0.2, 0.25) is 0 Å². The molecule has 0 saturated heterocycles. The van der Waals surface area contributed by atoms with Crippen LogP contribution in [0.5, 0.6) is 0 Å². The van der Waals surface area contributed by atoms with Crippen molar-refractivity contribution in [3.8, 4) is 0 Å². The van der Waals surface area contributed by atoms with Crippen LogP contribution in [0.4, 0.5) is 0 Å². The van der Waals surface area contributed by atoms with Gasteiger partial charge in [0.25, 0.3) is 0 Å². The van der Waals surface area contributed by atoms with Gasteiger partial charge in [0.05, 0.1) is 12.1 Å². The monoisotopic (exact) mass is 197 g/mol. The van der Waals surface area contributed by atoms with Gasteiger partial charge in [-0.2, -0.15) is 0 Å². The molecule has 1 atom stereocenters. The summed E-state index contributed by atoms with van der Waals surface area (Å²) >= 11 is 1.67. The van der Waals surface area contributed by atoms with Gasteiger partial charge in [0.1, 0.15) is 0 Å². The Morgan fingerprint density at radius 1 is 1.54 bits per heavy atom. The second-order valence-electron chi connectivity index (χ2n) is 3.31. The van der Waals surface area contributed by atoms with Crippen molar-refractivity contribution in [3.05, 3.63) is 29.8 Å². The lowest BCUT2D eigenvalue weighted by Gasteiger charge is -2.22. The zero-order valence-corrected chi connectivity index (χ0v) is 8.77. The van der Waals surface area contributed by atoms with Gasteiger partial charge >= 0.3 is 0 Å². The van der Waals surface area contributed by atoms with Crippen LogP contribution in [0.15, 0.2) is 29.2 Å². The number of hydrogen-bond acceptors (Lipinski definition) is 3. The smallest absolute Gasteiger partial charge is 0.0650 e. The highest BCUT2D eigenvalue weighted by molar-refractivity contribution is 7.98. The number of aliphatic hydroxyl groups is 1. The van der Waals surface area contributed by atoms with Crippen molar-refractivity contribution in [1.82, 2.24) is 0 Å². The van der Waals surface area contributed by atoms with E-state index in [4.69, 9.17) is 10.8 Å². The third-order valence-electron chi connectivity index (χ3n) is 2.06. The number of thioether (sulfide) groups is 1. The second-order valence-corrected chi connectivity index (χ2v) is 4.19. The molecule has 0 saturated carbocycles. The molecule has 0 bridgehead atoms. The van der Waals surface area contributed by atoms with Crippen LogP contribution in [-0.2, 0) is 5.54 Å². The van der Waals surface area contributed by atoms with Crippen molar-refractivity contribution in [2.45, 2.75) is 17.4 Å². The lowest BCUT2D eigenvalue weighted by Crippen LogP contribution is -2.36. The SMILES string of the molecule is CSc1cccc([C@@](C)(N)CO)c1. The molecule has 0 spiro atoms. The van der Waals surface area contributed by atoms with Gasteiger partial charge in [0.15, 0.2) is 0 Å². The van der Waals surface area contributed by atoms with E-state index in [0.29, 0.717) is 0 Å². The van der Waals surface area contributed by atoms with E-state index in [1.54, 1.807) is 11.8 Å². The highest BCUT2D eigenvalue weighted by atomic mass is 32.2. The van der Waals surface area contributed by atoms with E-state index < -0.39 is 5.54 Å². The van der Waals surface area contributed by atoms with Crippen LogP contribution in [-0.4, -0.2) is 18.0 Å². The Labute approximate surface area is 83.1 Å². The Morgan fingerprint density at radius 2 is 2.23 bits per heavy atom. The Balaban J connectivity index is 3.01. The van der Waals surface area contributed by atoms with Crippen molar-refractivity contribution in [3.63, 3.8) is 0 Å². The summed E-state index contributed by atoms with van der Waals surface area (Å²) in [6.07, 6.45) is 2.02. The number of aliphatic hydroxyl groups excluding tert-OH is 1. The maximum Gasteiger partial charge on any atom is 0.0650 e. The van der Waals surface area contributed by atoms with Crippen LogP contribution in [0.3, 0.4) is 0 Å². The third-order valence-corrected chi connectivity index (χ3v) is 2.78. The molecule has 1 aromatic rings. The third kappa shape index (κ3) is 2.46. The van der Waals surface area contributed by atoms with Gasteiger partial charge in [-0.25, -0.2) is 0 Å². The first-order valence-electron chi connectivity index (χ1n) is 4.14. The quantitative estimate of drug-likeness (QED) is 0.723. The standard InChI is InChI=1S/C10H15NOS/c1-10(11,7-12)8-4-3-5-9(6-8)13-2/h3-6,12H,7,11H2,1-2H3/t10-/m0/s1. The molecule has 1 aromatic carbocycles. The Kier molecular flexibility index (Phi) is 3.36. The first kappa shape index (κ1) is 10.6. The molecule has 0 aliphatic heterocycles. The Morgan fingerprint density at radius 3 is 2.77 bits per heavy atom. The van der Waals surface area contributed by atoms with Crippen molar-refractivity contribution in [2.24, 2.45) is 5.73 Å². The minimum Gasteiger partial charge on any atom is -0.394 e. The molecule has 0 amide bonds. The van der Waals surface area contributed by atoms with Gasteiger partial charge in [0, 0.05) is 4.90 Å². The first-order valence-corrected chi connectivity index (χ1v) is 5.37. The largest absolute Gasteiger partial charge is 0.394 e. The highest BCUT2D eigenvalue weighted by Crippen LogP contribution is 2.22. The maximum atomic E-state index is 9.08. The lowest BCUT2D eigenvalue weighted by molar-refractivity contribution is 0.210. The van der Waals surface area contributed by atoms with Crippen molar-refractivity contribution >= 4 is 11.8 Å². The van der Waals surface area contributed by atoms with Gasteiger partial charge < -0.3 is 10.8 Å². The lowest BCUT2D eigenvalue weighted by atomic mass is 9.94. The molecule has 0 aromatic heterocycles. The van der Waals surface area contributed by atoms with E-state index in [9.17, 15) is 0 Å². The second kappa shape index (κ2) is 4.13. The fourth-order valence-corrected chi connectivity index (χ4v) is 1.53. The van der Waals surface area contributed by atoms with Crippen LogP contribution in [0, 0.1) is 0 Å². The fraction of sp³-hybridized carbons (Fsp3) is 0.400. The number of benzene rings is 1. The normalized spacial score (nSPS) is 15.4. The highest BCUT2D eigenvalue weighted by Gasteiger charge is 2.19. The molecule has 0 unspecified atom stereocenters. The van der Waals surface area contributed by atoms with Crippen LogP contribution < -0.4 is 5.73 Å². The molecule has 0 fully saturated rings. The molecule has 0 heterocycles. The number of nitrogens with two attached hydrogens (primary N) is 1. The van der Waals surface area contributed by atoms with E-state index in [-0.39, 0.29) is 6.61 Å². The molecule has 1 rings (SSSR count). The first-order chi connectivity index (χ1) is 6.10. The van der Waals surface area contributed by atoms with Crippen molar-refractivity contribution in [2.75, 3.05) is 12.9 Å². The van der Waals surface area contributed by atoms with E-state index in [1.165, 1.54) is 4.90 Å². The van der Waals surface area contributed by atoms with Crippen LogP contribution in [0.25, 0.3) is 0 Å². The summed E-state index contributed by atoms with van der Waals surface area (Å²) < 4.78 is 0. The van der Waals surface area contributed by atoms with E-state index in [2.05, 4.69) is 0 Å². The summed E-state index contributed by atoms with van der Waals surface area (Å²) in [5.74, 6) is 0. The average Bonchev–Trinajstić information content (AvgIpc) is 2.18. The van der Waals surface area contributed by atoms with Crippen molar-refractivity contribution < 1.29 is 5.11 Å². The zero-order valence-electron chi connectivity index (χ0n) is 7.95. The molecule has 72 valence electrons. The van der Waals surface area contributed by atoms with Crippen LogP contribution >= 0.6 is 11.8 Å². The fourth-order valence-electron chi connectivity index (χ4n) is 1.07. The summed E-state index contributed by atoms with van der Waals surface area (Å²) in [7, 11) is 0. The van der Waals surface area contributed by atoms with Crippen molar-refractivity contribution in [1.29, 1.82) is 0 Å². The Hall–Kier alpha value is -0.510. The molecule has 0 aliphatic rings. The number of hydrogen-bond donors (Lipinski definition) is 2. The summed E-state index contributed by atoms with van der Waals surface area (Å²) in [6.45, 7) is 1.79. The predicted molar refractivity (Wildman–Crippen MR) is 56.8 cm³/mol. The van der Waals surface area contributed by atoms with Crippen LogP contribution in [0.1, 0.15) is 12.5 Å². The van der Waals surface area contributed by atoms with Gasteiger partial charge in [-0.1, -0.05) is 12.1 Å². The molecular weight excluding hydrogens is 182 g/mol. The summed E-state index contributed by atoms with van der Waals surface area (Å²) in [5, 5.41) is 9.08. The zero-order chi connectivity index (χ0) is 9.90. The molecule has 2 nitrogen and oxygen atoms in total. The molecule has 3 heteroatoms.